The van der Waals surface area contributed by atoms with Crippen molar-refractivity contribution >= 4 is 0 Å². The fourth-order valence-electron chi connectivity index (χ4n) is 1.25. The minimum absolute atomic E-state index is 0.139. The quantitative estimate of drug-likeness (QED) is 0.560. The number of benzene rings is 1. The predicted octanol–water partition coefficient (Wildman–Crippen LogP) is 2.80. The van der Waals surface area contributed by atoms with Gasteiger partial charge in [-0.3, -0.25) is 0 Å². The average Bonchev–Trinajstić information content (AvgIpc) is 2.18. The molecule has 1 nitrogen and oxygen atoms in total. The van der Waals surface area contributed by atoms with E-state index in [4.69, 9.17) is 0 Å². The molecule has 0 fully saturated rings. The van der Waals surface area contributed by atoms with Gasteiger partial charge in [0.05, 0.1) is 0 Å². The summed E-state index contributed by atoms with van der Waals surface area (Å²) in [7, 11) is 0. The molecule has 14 heavy (non-hydrogen) atoms. The lowest BCUT2D eigenvalue weighted by Crippen LogP contribution is -2.14. The van der Waals surface area contributed by atoms with Gasteiger partial charge in [0.1, 0.15) is 5.82 Å². The Labute approximate surface area is 84.6 Å². The van der Waals surface area contributed by atoms with Crippen LogP contribution in [0.3, 0.4) is 0 Å². The van der Waals surface area contributed by atoms with Crippen LogP contribution in [0, 0.1) is 12.7 Å². The monoisotopic (exact) mass is 193 g/mol. The maximum absolute atomic E-state index is 12.9. The van der Waals surface area contributed by atoms with Gasteiger partial charge in [-0.1, -0.05) is 18.2 Å². The number of halogens is 1. The highest BCUT2D eigenvalue weighted by atomic mass is 19.1. The highest BCUT2D eigenvalue weighted by Gasteiger charge is 1.97. The molecular weight excluding hydrogens is 177 g/mol. The molecule has 0 spiro atoms. The Morgan fingerprint density at radius 2 is 2.29 bits per heavy atom. The van der Waals surface area contributed by atoms with Crippen LogP contribution in [0.2, 0.25) is 0 Å². The summed E-state index contributed by atoms with van der Waals surface area (Å²) >= 11 is 0. The summed E-state index contributed by atoms with van der Waals surface area (Å²) in [4.78, 5) is 0. The van der Waals surface area contributed by atoms with Gasteiger partial charge in [0, 0.05) is 6.54 Å². The molecule has 0 heterocycles. The van der Waals surface area contributed by atoms with Crippen molar-refractivity contribution in [2.24, 2.45) is 0 Å². The predicted molar refractivity (Wildman–Crippen MR) is 57.7 cm³/mol. The van der Waals surface area contributed by atoms with Crippen molar-refractivity contribution in [1.82, 2.24) is 5.32 Å². The second kappa shape index (κ2) is 5.55. The molecule has 0 amide bonds. The Bertz CT molecular complexity index is 307. The van der Waals surface area contributed by atoms with Crippen molar-refractivity contribution in [3.63, 3.8) is 0 Å². The van der Waals surface area contributed by atoms with Crippen LogP contribution < -0.4 is 5.32 Å². The smallest absolute Gasteiger partial charge is 0.126 e. The zero-order valence-corrected chi connectivity index (χ0v) is 8.52. The summed E-state index contributed by atoms with van der Waals surface area (Å²) in [5, 5.41) is 3.26. The molecule has 0 bridgehead atoms. The lowest BCUT2D eigenvalue weighted by Gasteiger charge is -2.04. The van der Waals surface area contributed by atoms with E-state index >= 15 is 0 Å². The molecule has 0 aliphatic heterocycles. The van der Waals surface area contributed by atoms with Crippen molar-refractivity contribution in [2.75, 3.05) is 6.54 Å². The van der Waals surface area contributed by atoms with E-state index in [2.05, 4.69) is 11.9 Å². The molecule has 0 saturated heterocycles. The Balaban J connectivity index is 2.43. The number of hydrogen-bond acceptors (Lipinski definition) is 1. The molecule has 76 valence electrons. The summed E-state index contributed by atoms with van der Waals surface area (Å²) < 4.78 is 12.9. The van der Waals surface area contributed by atoms with Crippen LogP contribution in [0.4, 0.5) is 4.39 Å². The highest BCUT2D eigenvalue weighted by Crippen LogP contribution is 2.08. The molecule has 0 aliphatic rings. The van der Waals surface area contributed by atoms with Crippen molar-refractivity contribution < 1.29 is 4.39 Å². The first-order chi connectivity index (χ1) is 6.74. The van der Waals surface area contributed by atoms with Gasteiger partial charge in [0.15, 0.2) is 0 Å². The van der Waals surface area contributed by atoms with Crippen LogP contribution in [0.25, 0.3) is 0 Å². The summed E-state index contributed by atoms with van der Waals surface area (Å²) in [5.41, 5.74) is 1.82. The molecule has 0 aromatic heterocycles. The number of hydrogen-bond donors (Lipinski definition) is 1. The van der Waals surface area contributed by atoms with Crippen LogP contribution in [0.5, 0.6) is 0 Å². The largest absolute Gasteiger partial charge is 0.312 e. The molecule has 0 atom stereocenters. The maximum Gasteiger partial charge on any atom is 0.126 e. The summed E-state index contributed by atoms with van der Waals surface area (Å²) in [6.45, 7) is 7.12. The lowest BCUT2D eigenvalue weighted by molar-refractivity contribution is 0.615. The second-order valence-corrected chi connectivity index (χ2v) is 3.34. The third kappa shape index (κ3) is 3.30. The van der Waals surface area contributed by atoms with Crippen molar-refractivity contribution in [1.29, 1.82) is 0 Å². The topological polar surface area (TPSA) is 12.0 Å². The third-order valence-corrected chi connectivity index (χ3v) is 2.08. The summed E-state index contributed by atoms with van der Waals surface area (Å²) in [5.74, 6) is -0.139. The molecule has 0 unspecified atom stereocenters. The molecule has 1 rings (SSSR count). The van der Waals surface area contributed by atoms with Crippen LogP contribution in [-0.4, -0.2) is 6.54 Å². The Hall–Kier alpha value is -1.15. The van der Waals surface area contributed by atoms with Crippen molar-refractivity contribution in [3.05, 3.63) is 47.8 Å². The van der Waals surface area contributed by atoms with Crippen LogP contribution in [-0.2, 0) is 6.54 Å². The Morgan fingerprint density at radius 1 is 1.50 bits per heavy atom. The second-order valence-electron chi connectivity index (χ2n) is 3.34. The van der Waals surface area contributed by atoms with E-state index in [1.165, 1.54) is 6.07 Å². The molecule has 2 heteroatoms. The minimum Gasteiger partial charge on any atom is -0.312 e. The Morgan fingerprint density at radius 3 is 2.93 bits per heavy atom. The SMILES string of the molecule is C=CCCNCc1ccc(F)c(C)c1. The fourth-order valence-corrected chi connectivity index (χ4v) is 1.25. The molecule has 1 aromatic rings. The van der Waals surface area contributed by atoms with E-state index in [-0.39, 0.29) is 5.82 Å². The average molecular weight is 193 g/mol. The van der Waals surface area contributed by atoms with Gasteiger partial charge in [-0.15, -0.1) is 6.58 Å². The molecule has 0 radical (unpaired) electrons. The first-order valence-corrected chi connectivity index (χ1v) is 4.80. The Kier molecular flexibility index (Phi) is 4.33. The van der Waals surface area contributed by atoms with Gasteiger partial charge in [-0.2, -0.15) is 0 Å². The lowest BCUT2D eigenvalue weighted by atomic mass is 10.1. The van der Waals surface area contributed by atoms with Crippen molar-refractivity contribution in [3.8, 4) is 0 Å². The molecule has 0 aliphatic carbocycles. The molecule has 1 N–H and O–H groups in total. The number of rotatable bonds is 5. The normalized spacial score (nSPS) is 10.1. The molecular formula is C12H16FN. The molecule has 1 aromatic carbocycles. The highest BCUT2D eigenvalue weighted by molar-refractivity contribution is 5.23. The van der Waals surface area contributed by atoms with Gasteiger partial charge >= 0.3 is 0 Å². The van der Waals surface area contributed by atoms with Gasteiger partial charge in [-0.25, -0.2) is 4.39 Å². The van der Waals surface area contributed by atoms with Crippen LogP contribution in [0.1, 0.15) is 17.5 Å². The third-order valence-electron chi connectivity index (χ3n) is 2.08. The minimum atomic E-state index is -0.139. The van der Waals surface area contributed by atoms with E-state index < -0.39 is 0 Å². The van der Waals surface area contributed by atoms with Gasteiger partial charge in [0.2, 0.25) is 0 Å². The summed E-state index contributed by atoms with van der Waals surface area (Å²) in [6.07, 6.45) is 2.84. The first kappa shape index (κ1) is 10.9. The van der Waals surface area contributed by atoms with Crippen LogP contribution >= 0.6 is 0 Å². The van der Waals surface area contributed by atoms with E-state index in [1.807, 2.05) is 18.2 Å². The zero-order chi connectivity index (χ0) is 10.4. The van der Waals surface area contributed by atoms with Gasteiger partial charge in [-0.05, 0) is 37.1 Å². The zero-order valence-electron chi connectivity index (χ0n) is 8.52. The van der Waals surface area contributed by atoms with Crippen molar-refractivity contribution in [2.45, 2.75) is 19.9 Å². The van der Waals surface area contributed by atoms with Crippen LogP contribution in [0.15, 0.2) is 30.9 Å². The fraction of sp³-hybridized carbons (Fsp3) is 0.333. The maximum atomic E-state index is 12.9. The molecule has 0 saturated carbocycles. The first-order valence-electron chi connectivity index (χ1n) is 4.80. The van der Waals surface area contributed by atoms with E-state index in [0.29, 0.717) is 5.56 Å². The van der Waals surface area contributed by atoms with E-state index in [1.54, 1.807) is 6.92 Å². The standard InChI is InChI=1S/C12H16FN/c1-3-4-7-14-9-11-5-6-12(13)10(2)8-11/h3,5-6,8,14H,1,4,7,9H2,2H3. The number of aryl methyl sites for hydroxylation is 1. The van der Waals surface area contributed by atoms with E-state index in [0.717, 1.165) is 25.1 Å². The van der Waals surface area contributed by atoms with Gasteiger partial charge < -0.3 is 5.32 Å². The summed E-state index contributed by atoms with van der Waals surface area (Å²) in [6, 6.07) is 5.19. The number of nitrogens with one attached hydrogen (secondary N) is 1. The van der Waals surface area contributed by atoms with Gasteiger partial charge in [0.25, 0.3) is 0 Å². The van der Waals surface area contributed by atoms with E-state index in [9.17, 15) is 4.39 Å².